The molecule has 0 spiro atoms. The second kappa shape index (κ2) is 3.74. The molecule has 0 aliphatic rings. The Labute approximate surface area is 94.9 Å². The third kappa shape index (κ3) is 2.13. The highest BCUT2D eigenvalue weighted by Gasteiger charge is 2.21. The summed E-state index contributed by atoms with van der Waals surface area (Å²) in [5.74, 6) is 0.260. The van der Waals surface area contributed by atoms with Gasteiger partial charge in [0.2, 0.25) is 0 Å². The molecule has 0 unspecified atom stereocenters. The smallest absolute Gasteiger partial charge is 0.142 e. The Balaban J connectivity index is 2.24. The quantitative estimate of drug-likeness (QED) is 0.839. The number of aromatic amines is 1. The van der Waals surface area contributed by atoms with E-state index in [9.17, 15) is 4.79 Å². The molecule has 16 heavy (non-hydrogen) atoms. The maximum Gasteiger partial charge on any atom is 0.142 e. The van der Waals surface area contributed by atoms with Crippen LogP contribution in [0.4, 0.5) is 0 Å². The van der Waals surface area contributed by atoms with Crippen LogP contribution in [0, 0.1) is 5.41 Å². The Kier molecular flexibility index (Phi) is 2.54. The van der Waals surface area contributed by atoms with Crippen molar-refractivity contribution >= 4 is 16.7 Å². The average molecular weight is 216 g/mol. The molecule has 0 radical (unpaired) electrons. The van der Waals surface area contributed by atoms with Crippen molar-refractivity contribution in [2.24, 2.45) is 5.41 Å². The third-order valence-corrected chi connectivity index (χ3v) is 2.71. The summed E-state index contributed by atoms with van der Waals surface area (Å²) in [5, 5.41) is 7.91. The largest absolute Gasteiger partial charge is 0.299 e. The fourth-order valence-electron chi connectivity index (χ4n) is 1.55. The van der Waals surface area contributed by atoms with Gasteiger partial charge in [-0.3, -0.25) is 9.89 Å². The van der Waals surface area contributed by atoms with Gasteiger partial charge in [0.25, 0.3) is 0 Å². The monoisotopic (exact) mass is 216 g/mol. The number of carbonyl (C=O) groups is 1. The van der Waals surface area contributed by atoms with Crippen LogP contribution in [-0.4, -0.2) is 16.0 Å². The van der Waals surface area contributed by atoms with Crippen molar-refractivity contribution in [2.75, 3.05) is 0 Å². The molecule has 84 valence electrons. The number of rotatable bonds is 2. The highest BCUT2D eigenvalue weighted by atomic mass is 16.1. The first kappa shape index (κ1) is 10.9. The summed E-state index contributed by atoms with van der Waals surface area (Å²) in [7, 11) is 0. The minimum atomic E-state index is -0.272. The molecule has 0 bridgehead atoms. The summed E-state index contributed by atoms with van der Waals surface area (Å²) >= 11 is 0. The maximum absolute atomic E-state index is 11.9. The molecule has 2 aromatic rings. The number of ketones is 1. The van der Waals surface area contributed by atoms with E-state index in [0.717, 1.165) is 16.5 Å². The van der Waals surface area contributed by atoms with Crippen molar-refractivity contribution in [3.8, 4) is 0 Å². The predicted molar refractivity (Wildman–Crippen MR) is 64.3 cm³/mol. The molecule has 1 heterocycles. The standard InChI is InChI=1S/C13H16N2O/c1-13(2,3)12(16)7-9-4-5-11-10(6-9)8-14-15-11/h4-6,8H,7H2,1-3H3,(H,14,15). The lowest BCUT2D eigenvalue weighted by molar-refractivity contribution is -0.125. The van der Waals surface area contributed by atoms with Gasteiger partial charge in [0, 0.05) is 17.2 Å². The van der Waals surface area contributed by atoms with Crippen LogP contribution in [-0.2, 0) is 11.2 Å². The lowest BCUT2D eigenvalue weighted by Crippen LogP contribution is -2.21. The molecule has 1 N–H and O–H groups in total. The van der Waals surface area contributed by atoms with Crippen molar-refractivity contribution in [1.29, 1.82) is 0 Å². The van der Waals surface area contributed by atoms with E-state index in [2.05, 4.69) is 10.2 Å². The molecule has 0 atom stereocenters. The van der Waals surface area contributed by atoms with Gasteiger partial charge >= 0.3 is 0 Å². The van der Waals surface area contributed by atoms with Gasteiger partial charge in [-0.25, -0.2) is 0 Å². The van der Waals surface area contributed by atoms with E-state index in [1.807, 2.05) is 39.0 Å². The zero-order valence-electron chi connectivity index (χ0n) is 9.87. The van der Waals surface area contributed by atoms with E-state index >= 15 is 0 Å². The molecule has 0 saturated heterocycles. The summed E-state index contributed by atoms with van der Waals surface area (Å²) in [6.07, 6.45) is 2.27. The Morgan fingerprint density at radius 2 is 2.12 bits per heavy atom. The van der Waals surface area contributed by atoms with Crippen molar-refractivity contribution in [2.45, 2.75) is 27.2 Å². The molecule has 1 aromatic carbocycles. The SMILES string of the molecule is CC(C)(C)C(=O)Cc1ccc2[nH]ncc2c1. The normalized spacial score (nSPS) is 11.9. The van der Waals surface area contributed by atoms with Crippen LogP contribution in [0.15, 0.2) is 24.4 Å². The molecule has 0 aliphatic carbocycles. The van der Waals surface area contributed by atoms with Gasteiger partial charge in [0.1, 0.15) is 5.78 Å². The highest BCUT2D eigenvalue weighted by Crippen LogP contribution is 2.19. The van der Waals surface area contributed by atoms with Crippen LogP contribution >= 0.6 is 0 Å². The number of aromatic nitrogens is 2. The number of hydrogen-bond donors (Lipinski definition) is 1. The lowest BCUT2D eigenvalue weighted by atomic mass is 9.87. The number of benzene rings is 1. The number of fused-ring (bicyclic) bond motifs is 1. The number of carbonyl (C=O) groups excluding carboxylic acids is 1. The Morgan fingerprint density at radius 1 is 1.38 bits per heavy atom. The molecule has 0 fully saturated rings. The predicted octanol–water partition coefficient (Wildman–Crippen LogP) is 2.72. The van der Waals surface area contributed by atoms with Gasteiger partial charge in [-0.15, -0.1) is 0 Å². The van der Waals surface area contributed by atoms with Crippen LogP contribution in [0.1, 0.15) is 26.3 Å². The van der Waals surface area contributed by atoms with Crippen molar-refractivity contribution in [1.82, 2.24) is 10.2 Å². The number of nitrogens with one attached hydrogen (secondary N) is 1. The Bertz CT molecular complexity index is 520. The van der Waals surface area contributed by atoms with E-state index in [0.29, 0.717) is 6.42 Å². The maximum atomic E-state index is 11.9. The van der Waals surface area contributed by atoms with Crippen LogP contribution in [0.2, 0.25) is 0 Å². The first-order valence-electron chi connectivity index (χ1n) is 5.42. The minimum absolute atomic E-state index is 0.260. The second-order valence-corrected chi connectivity index (χ2v) is 5.14. The van der Waals surface area contributed by atoms with Crippen molar-refractivity contribution in [3.63, 3.8) is 0 Å². The summed E-state index contributed by atoms with van der Waals surface area (Å²) in [6.45, 7) is 5.85. The van der Waals surface area contributed by atoms with E-state index in [1.54, 1.807) is 6.20 Å². The molecule has 2 rings (SSSR count). The third-order valence-electron chi connectivity index (χ3n) is 2.71. The molecule has 0 amide bonds. The first-order chi connectivity index (χ1) is 7.47. The van der Waals surface area contributed by atoms with E-state index in [4.69, 9.17) is 0 Å². The molecule has 3 nitrogen and oxygen atoms in total. The second-order valence-electron chi connectivity index (χ2n) is 5.14. The zero-order valence-corrected chi connectivity index (χ0v) is 9.87. The van der Waals surface area contributed by atoms with Gasteiger partial charge < -0.3 is 0 Å². The van der Waals surface area contributed by atoms with Gasteiger partial charge in [0.15, 0.2) is 0 Å². The van der Waals surface area contributed by atoms with E-state index in [-0.39, 0.29) is 11.2 Å². The van der Waals surface area contributed by atoms with Crippen LogP contribution in [0.3, 0.4) is 0 Å². The number of nitrogens with zero attached hydrogens (tertiary/aromatic N) is 1. The number of hydrogen-bond acceptors (Lipinski definition) is 2. The minimum Gasteiger partial charge on any atom is -0.299 e. The lowest BCUT2D eigenvalue weighted by Gasteiger charge is -2.16. The topological polar surface area (TPSA) is 45.8 Å². The fraction of sp³-hybridized carbons (Fsp3) is 0.385. The van der Waals surface area contributed by atoms with Gasteiger partial charge in [-0.1, -0.05) is 26.8 Å². The summed E-state index contributed by atoms with van der Waals surface area (Å²) in [4.78, 5) is 11.9. The fourth-order valence-corrected chi connectivity index (χ4v) is 1.55. The van der Waals surface area contributed by atoms with E-state index in [1.165, 1.54) is 0 Å². The van der Waals surface area contributed by atoms with Gasteiger partial charge in [0.05, 0.1) is 11.7 Å². The number of H-pyrrole nitrogens is 1. The van der Waals surface area contributed by atoms with Crippen LogP contribution in [0.25, 0.3) is 10.9 Å². The summed E-state index contributed by atoms with van der Waals surface area (Å²) in [6, 6.07) is 5.96. The van der Waals surface area contributed by atoms with Crippen LogP contribution in [0.5, 0.6) is 0 Å². The molecular formula is C13H16N2O. The molecule has 0 aliphatic heterocycles. The van der Waals surface area contributed by atoms with Gasteiger partial charge in [-0.2, -0.15) is 5.10 Å². The Morgan fingerprint density at radius 3 is 2.81 bits per heavy atom. The highest BCUT2D eigenvalue weighted by molar-refractivity contribution is 5.87. The van der Waals surface area contributed by atoms with Crippen molar-refractivity contribution < 1.29 is 4.79 Å². The Hall–Kier alpha value is -1.64. The average Bonchev–Trinajstić information content (AvgIpc) is 2.63. The molecule has 0 saturated carbocycles. The summed E-state index contributed by atoms with van der Waals surface area (Å²) in [5.41, 5.74) is 1.78. The summed E-state index contributed by atoms with van der Waals surface area (Å²) < 4.78 is 0. The van der Waals surface area contributed by atoms with Crippen molar-refractivity contribution in [3.05, 3.63) is 30.0 Å². The molecule has 1 aromatic heterocycles. The van der Waals surface area contributed by atoms with Gasteiger partial charge in [-0.05, 0) is 17.7 Å². The van der Waals surface area contributed by atoms with Crippen LogP contribution < -0.4 is 0 Å². The number of Topliss-reactive ketones (excluding diaryl/α,β-unsaturated/α-hetero) is 1. The van der Waals surface area contributed by atoms with E-state index < -0.39 is 0 Å². The first-order valence-corrected chi connectivity index (χ1v) is 5.42. The zero-order chi connectivity index (χ0) is 11.8. The molecule has 3 heteroatoms. The molecular weight excluding hydrogens is 200 g/mol.